The molecule has 2 N–H and O–H groups in total. The lowest BCUT2D eigenvalue weighted by Gasteiger charge is -2.39. The molecule has 6 nitrogen and oxygen atoms in total. The molecule has 2 aliphatic rings. The van der Waals surface area contributed by atoms with Crippen LogP contribution in [0.3, 0.4) is 0 Å². The summed E-state index contributed by atoms with van der Waals surface area (Å²) in [6.45, 7) is 4.20. The first-order valence-corrected chi connectivity index (χ1v) is 10.8. The highest BCUT2D eigenvalue weighted by atomic mass is 79.9. The molecule has 0 radical (unpaired) electrons. The minimum Gasteiger partial charge on any atom is -0.378 e. The van der Waals surface area contributed by atoms with Crippen molar-refractivity contribution in [1.82, 2.24) is 14.7 Å². The van der Waals surface area contributed by atoms with E-state index in [2.05, 4.69) is 21.0 Å². The topological polar surface area (TPSA) is 73.4 Å². The van der Waals surface area contributed by atoms with E-state index in [1.54, 1.807) is 0 Å². The molecule has 2 saturated heterocycles. The molecule has 3 atom stereocenters. The van der Waals surface area contributed by atoms with Crippen LogP contribution in [0.1, 0.15) is 41.9 Å². The number of halogens is 1. The minimum atomic E-state index is 0.00349. The number of ether oxygens (including phenoxy) is 1. The largest absolute Gasteiger partial charge is 0.378 e. The lowest BCUT2D eigenvalue weighted by molar-refractivity contribution is -0.0440. The van der Waals surface area contributed by atoms with Gasteiger partial charge in [0.25, 0.3) is 5.91 Å². The maximum absolute atomic E-state index is 13.1. The number of aromatic nitrogens is 2. The van der Waals surface area contributed by atoms with Crippen molar-refractivity contribution in [2.45, 2.75) is 44.8 Å². The van der Waals surface area contributed by atoms with E-state index in [-0.39, 0.29) is 18.1 Å². The molecule has 150 valence electrons. The monoisotopic (exact) mass is 446 g/mol. The first-order valence-electron chi connectivity index (χ1n) is 10.0. The average molecular weight is 447 g/mol. The van der Waals surface area contributed by atoms with Crippen molar-refractivity contribution >= 4 is 21.8 Å². The van der Waals surface area contributed by atoms with Gasteiger partial charge in [0.2, 0.25) is 0 Å². The van der Waals surface area contributed by atoms with Crippen LogP contribution in [0.4, 0.5) is 0 Å². The van der Waals surface area contributed by atoms with Crippen molar-refractivity contribution in [3.05, 3.63) is 46.2 Å². The Balaban J connectivity index is 1.48. The molecule has 4 rings (SSSR count). The molecule has 2 aliphatic heterocycles. The Hall–Kier alpha value is -1.70. The van der Waals surface area contributed by atoms with Crippen LogP contribution in [0.2, 0.25) is 0 Å². The Labute approximate surface area is 174 Å². The summed E-state index contributed by atoms with van der Waals surface area (Å²) in [5, 5.41) is 4.59. The van der Waals surface area contributed by atoms with E-state index in [0.717, 1.165) is 61.2 Å². The van der Waals surface area contributed by atoms with Crippen LogP contribution in [-0.2, 0) is 4.74 Å². The van der Waals surface area contributed by atoms with Crippen LogP contribution >= 0.6 is 15.9 Å². The first-order chi connectivity index (χ1) is 13.5. The van der Waals surface area contributed by atoms with Crippen molar-refractivity contribution in [2.75, 3.05) is 19.7 Å². The number of carbonyl (C=O) groups excluding carboxylic acids is 1. The Kier molecular flexibility index (Phi) is 5.85. The summed E-state index contributed by atoms with van der Waals surface area (Å²) in [5.74, 6) is 0.363. The first kappa shape index (κ1) is 19.6. The zero-order chi connectivity index (χ0) is 19.7. The van der Waals surface area contributed by atoms with Crippen molar-refractivity contribution in [1.29, 1.82) is 0 Å². The minimum absolute atomic E-state index is 0.00349. The summed E-state index contributed by atoms with van der Waals surface area (Å²) < 4.78 is 8.81. The third-order valence-electron chi connectivity index (χ3n) is 5.80. The summed E-state index contributed by atoms with van der Waals surface area (Å²) in [5.41, 5.74) is 8.52. The van der Waals surface area contributed by atoms with Gasteiger partial charge in [-0.05, 0) is 62.9 Å². The lowest BCUT2D eigenvalue weighted by atomic mass is 9.87. The number of nitrogens with two attached hydrogens (primary N) is 1. The van der Waals surface area contributed by atoms with Crippen molar-refractivity contribution in [3.8, 4) is 5.69 Å². The fourth-order valence-electron chi connectivity index (χ4n) is 4.27. The highest BCUT2D eigenvalue weighted by Crippen LogP contribution is 2.28. The molecule has 1 amide bonds. The van der Waals surface area contributed by atoms with Crippen molar-refractivity contribution in [2.24, 2.45) is 11.7 Å². The summed E-state index contributed by atoms with van der Waals surface area (Å²) >= 11 is 3.45. The number of hydrogen-bond acceptors (Lipinski definition) is 4. The SMILES string of the molecule is Cc1cc(C(=O)N2CCCC(C3CC(N)CCO3)C2)nn1-c1ccc(Br)cc1. The van der Waals surface area contributed by atoms with E-state index in [4.69, 9.17) is 10.5 Å². The molecule has 0 spiro atoms. The van der Waals surface area contributed by atoms with Crippen LogP contribution in [0.15, 0.2) is 34.8 Å². The Morgan fingerprint density at radius 2 is 2.07 bits per heavy atom. The number of nitrogens with zero attached hydrogens (tertiary/aromatic N) is 3. The summed E-state index contributed by atoms with van der Waals surface area (Å²) in [6.07, 6.45) is 4.08. The molecule has 3 unspecified atom stereocenters. The van der Waals surface area contributed by atoms with Gasteiger partial charge in [-0.3, -0.25) is 4.79 Å². The number of carbonyl (C=O) groups is 1. The summed E-state index contributed by atoms with van der Waals surface area (Å²) in [6, 6.07) is 10.0. The molecule has 7 heteroatoms. The van der Waals surface area contributed by atoms with Crippen molar-refractivity contribution in [3.63, 3.8) is 0 Å². The number of amides is 1. The fourth-order valence-corrected chi connectivity index (χ4v) is 4.53. The highest BCUT2D eigenvalue weighted by Gasteiger charge is 2.33. The van der Waals surface area contributed by atoms with Gasteiger partial charge in [-0.2, -0.15) is 5.10 Å². The normalized spacial score (nSPS) is 25.7. The molecule has 1 aromatic carbocycles. The van der Waals surface area contributed by atoms with Crippen LogP contribution in [-0.4, -0.2) is 52.4 Å². The van der Waals surface area contributed by atoms with E-state index in [9.17, 15) is 4.79 Å². The van der Waals surface area contributed by atoms with E-state index < -0.39 is 0 Å². The zero-order valence-electron chi connectivity index (χ0n) is 16.2. The molecule has 3 heterocycles. The number of hydrogen-bond donors (Lipinski definition) is 1. The average Bonchev–Trinajstić information content (AvgIpc) is 3.10. The maximum Gasteiger partial charge on any atom is 0.274 e. The Morgan fingerprint density at radius 1 is 1.29 bits per heavy atom. The third-order valence-corrected chi connectivity index (χ3v) is 6.33. The van der Waals surface area contributed by atoms with Gasteiger partial charge in [0.1, 0.15) is 0 Å². The van der Waals surface area contributed by atoms with E-state index in [1.807, 2.05) is 46.8 Å². The molecule has 2 aromatic rings. The quantitative estimate of drug-likeness (QED) is 0.784. The van der Waals surface area contributed by atoms with Gasteiger partial charge in [0.05, 0.1) is 11.8 Å². The summed E-state index contributed by atoms with van der Waals surface area (Å²) in [4.78, 5) is 15.1. The fraction of sp³-hybridized carbons (Fsp3) is 0.524. The third kappa shape index (κ3) is 4.16. The second-order valence-corrected chi connectivity index (χ2v) is 8.82. The second kappa shape index (κ2) is 8.35. The molecule has 1 aromatic heterocycles. The number of rotatable bonds is 3. The Bertz CT molecular complexity index is 835. The number of aryl methyl sites for hydroxylation is 1. The highest BCUT2D eigenvalue weighted by molar-refractivity contribution is 9.10. The van der Waals surface area contributed by atoms with Crippen LogP contribution < -0.4 is 5.73 Å². The van der Waals surface area contributed by atoms with Gasteiger partial charge in [-0.25, -0.2) is 4.68 Å². The maximum atomic E-state index is 13.1. The predicted molar refractivity (Wildman–Crippen MR) is 112 cm³/mol. The van der Waals surface area contributed by atoms with Crippen LogP contribution in [0.5, 0.6) is 0 Å². The molecule has 0 bridgehead atoms. The number of benzene rings is 1. The van der Waals surface area contributed by atoms with E-state index >= 15 is 0 Å². The van der Waals surface area contributed by atoms with Gasteiger partial charge in [-0.1, -0.05) is 15.9 Å². The molecule has 2 fully saturated rings. The van der Waals surface area contributed by atoms with Crippen molar-refractivity contribution < 1.29 is 9.53 Å². The smallest absolute Gasteiger partial charge is 0.274 e. The Morgan fingerprint density at radius 3 is 2.82 bits per heavy atom. The number of likely N-dealkylation sites (tertiary alicyclic amines) is 1. The molecular weight excluding hydrogens is 420 g/mol. The van der Waals surface area contributed by atoms with Gasteiger partial charge in [0.15, 0.2) is 5.69 Å². The molecule has 28 heavy (non-hydrogen) atoms. The van der Waals surface area contributed by atoms with Gasteiger partial charge in [0, 0.05) is 41.8 Å². The van der Waals surface area contributed by atoms with Crippen LogP contribution in [0, 0.1) is 12.8 Å². The van der Waals surface area contributed by atoms with Gasteiger partial charge in [-0.15, -0.1) is 0 Å². The van der Waals surface area contributed by atoms with Gasteiger partial charge < -0.3 is 15.4 Å². The predicted octanol–water partition coefficient (Wildman–Crippen LogP) is 3.30. The lowest BCUT2D eigenvalue weighted by Crippen LogP contribution is -2.47. The zero-order valence-corrected chi connectivity index (χ0v) is 17.8. The molecule has 0 aliphatic carbocycles. The second-order valence-electron chi connectivity index (χ2n) is 7.91. The standard InChI is InChI=1S/C21H27BrN4O2/c1-14-11-19(24-26(14)18-6-4-16(22)5-7-18)21(27)25-9-2-3-15(13-25)20-12-17(23)8-10-28-20/h4-7,11,15,17,20H,2-3,8-10,12-13,23H2,1H3. The van der Waals surface area contributed by atoms with Crippen LogP contribution in [0.25, 0.3) is 5.69 Å². The number of piperidine rings is 1. The molecular formula is C21H27BrN4O2. The summed E-state index contributed by atoms with van der Waals surface area (Å²) in [7, 11) is 0. The van der Waals surface area contributed by atoms with E-state index in [1.165, 1.54) is 0 Å². The van der Waals surface area contributed by atoms with Gasteiger partial charge >= 0.3 is 0 Å². The molecule has 0 saturated carbocycles. The van der Waals surface area contributed by atoms with E-state index in [0.29, 0.717) is 11.6 Å².